The first kappa shape index (κ1) is 24.9. The number of fused-ring (bicyclic) bond motifs is 1. The maximum Gasteiger partial charge on any atom is 0.219 e. The van der Waals surface area contributed by atoms with Crippen LogP contribution in [0.5, 0.6) is 0 Å². The molecule has 6 nitrogen and oxygen atoms in total. The summed E-state index contributed by atoms with van der Waals surface area (Å²) in [5.41, 5.74) is 0.392. The van der Waals surface area contributed by atoms with E-state index in [2.05, 4.69) is 4.98 Å². The molecule has 176 valence electrons. The molecule has 1 saturated carbocycles. The highest BCUT2D eigenvalue weighted by Gasteiger charge is 2.41. The molecule has 32 heavy (non-hydrogen) atoms. The van der Waals surface area contributed by atoms with Crippen LogP contribution in [0.3, 0.4) is 0 Å². The maximum atomic E-state index is 13.9. The van der Waals surface area contributed by atoms with E-state index in [1.54, 1.807) is 13.0 Å². The van der Waals surface area contributed by atoms with Crippen molar-refractivity contribution >= 4 is 33.1 Å². The van der Waals surface area contributed by atoms with Crippen molar-refractivity contribution in [1.82, 2.24) is 4.98 Å². The van der Waals surface area contributed by atoms with E-state index in [0.29, 0.717) is 29.5 Å². The SMILES string of the molecule is CC(=O)CCCCCC[C@@H]1[C@@H](CCC(O)C(=O)c2nc3cccc(F)c3s2)[C@H](O)C[C@@H]1O. The number of carbonyl (C=O) groups is 2. The number of benzene rings is 1. The van der Waals surface area contributed by atoms with Crippen molar-refractivity contribution in [2.24, 2.45) is 11.8 Å². The number of aliphatic hydroxyl groups is 3. The van der Waals surface area contributed by atoms with E-state index in [1.165, 1.54) is 12.1 Å². The average molecular weight is 466 g/mol. The summed E-state index contributed by atoms with van der Waals surface area (Å²) < 4.78 is 14.2. The van der Waals surface area contributed by atoms with E-state index in [0.717, 1.165) is 43.4 Å². The van der Waals surface area contributed by atoms with Crippen molar-refractivity contribution in [1.29, 1.82) is 0 Å². The molecule has 0 radical (unpaired) electrons. The van der Waals surface area contributed by atoms with Crippen LogP contribution in [0, 0.1) is 17.7 Å². The summed E-state index contributed by atoms with van der Waals surface area (Å²) in [5.74, 6) is -1.04. The van der Waals surface area contributed by atoms with Crippen molar-refractivity contribution in [3.63, 3.8) is 0 Å². The van der Waals surface area contributed by atoms with Crippen LogP contribution in [0.1, 0.15) is 74.5 Å². The van der Waals surface area contributed by atoms with Crippen LogP contribution >= 0.6 is 11.3 Å². The lowest BCUT2D eigenvalue weighted by atomic mass is 9.84. The van der Waals surface area contributed by atoms with E-state index >= 15 is 0 Å². The molecule has 1 aliphatic rings. The quantitative estimate of drug-likeness (QED) is 0.322. The third-order valence-corrected chi connectivity index (χ3v) is 7.59. The van der Waals surface area contributed by atoms with Crippen molar-refractivity contribution in [2.45, 2.75) is 83.0 Å². The second-order valence-electron chi connectivity index (χ2n) is 8.92. The minimum atomic E-state index is -1.28. The molecule has 0 amide bonds. The van der Waals surface area contributed by atoms with Gasteiger partial charge in [-0.1, -0.05) is 25.3 Å². The fourth-order valence-corrected chi connectivity index (χ4v) is 5.69. The van der Waals surface area contributed by atoms with Crippen LogP contribution in [0.25, 0.3) is 10.2 Å². The number of thiazole rings is 1. The van der Waals surface area contributed by atoms with E-state index in [4.69, 9.17) is 0 Å². The van der Waals surface area contributed by atoms with Crippen molar-refractivity contribution in [2.75, 3.05) is 0 Å². The summed E-state index contributed by atoms with van der Waals surface area (Å²) in [5, 5.41) is 31.3. The number of halogens is 1. The summed E-state index contributed by atoms with van der Waals surface area (Å²) in [4.78, 5) is 27.8. The number of aromatic nitrogens is 1. The summed E-state index contributed by atoms with van der Waals surface area (Å²) in [6.07, 6.45) is 3.42. The molecule has 3 rings (SSSR count). The topological polar surface area (TPSA) is 108 Å². The third-order valence-electron chi connectivity index (χ3n) is 6.49. The summed E-state index contributed by atoms with van der Waals surface area (Å²) in [7, 11) is 0. The van der Waals surface area contributed by atoms with Crippen molar-refractivity contribution < 1.29 is 29.3 Å². The monoisotopic (exact) mass is 465 g/mol. The van der Waals surface area contributed by atoms with Gasteiger partial charge in [0, 0.05) is 6.42 Å². The third kappa shape index (κ3) is 6.19. The highest BCUT2D eigenvalue weighted by atomic mass is 32.1. The van der Waals surface area contributed by atoms with Gasteiger partial charge in [-0.05, 0) is 63.0 Å². The lowest BCUT2D eigenvalue weighted by Crippen LogP contribution is -2.26. The normalized spacial score (nSPS) is 24.2. The zero-order chi connectivity index (χ0) is 23.3. The number of carbonyl (C=O) groups excluding carboxylic acids is 2. The van der Waals surface area contributed by atoms with E-state index < -0.39 is 29.9 Å². The van der Waals surface area contributed by atoms with Gasteiger partial charge in [-0.25, -0.2) is 9.37 Å². The Labute approximate surface area is 191 Å². The molecule has 0 aliphatic heterocycles. The Morgan fingerprint density at radius 3 is 2.50 bits per heavy atom. The van der Waals surface area contributed by atoms with Gasteiger partial charge in [0.25, 0.3) is 0 Å². The molecular weight excluding hydrogens is 433 g/mol. The minimum absolute atomic E-state index is 0.0725. The number of nitrogens with zero attached hydrogens (tertiary/aromatic N) is 1. The van der Waals surface area contributed by atoms with Crippen LogP contribution in [-0.4, -0.2) is 50.2 Å². The molecule has 1 aromatic heterocycles. The van der Waals surface area contributed by atoms with E-state index in [1.807, 2.05) is 0 Å². The molecule has 0 bridgehead atoms. The predicted molar refractivity (Wildman–Crippen MR) is 121 cm³/mol. The summed E-state index contributed by atoms with van der Waals surface area (Å²) in [6.45, 7) is 1.59. The maximum absolute atomic E-state index is 13.9. The molecule has 2 aromatic rings. The highest BCUT2D eigenvalue weighted by Crippen LogP contribution is 2.39. The predicted octanol–water partition coefficient (Wildman–Crippen LogP) is 4.05. The first-order chi connectivity index (χ1) is 15.3. The fraction of sp³-hybridized carbons (Fsp3) is 0.625. The first-order valence-electron chi connectivity index (χ1n) is 11.4. The second-order valence-corrected chi connectivity index (χ2v) is 9.92. The van der Waals surface area contributed by atoms with Gasteiger partial charge in [-0.2, -0.15) is 0 Å². The standard InChI is InChI=1S/C24H32FNO5S/c1-14(27)7-4-2-3-5-8-15-16(21(30)13-20(15)29)11-12-19(28)22(31)24-26-18-10-6-9-17(25)23(18)32-24/h6,9-10,15-16,19-21,28-30H,2-5,7-8,11-13H2,1H3/t15-,16-,19?,20+,21-/m1/s1. The Kier molecular flexibility index (Phi) is 8.87. The smallest absolute Gasteiger partial charge is 0.219 e. The molecule has 1 aromatic carbocycles. The number of Topliss-reactive ketones (excluding diaryl/α,β-unsaturated/α-hetero) is 2. The molecule has 1 heterocycles. The van der Waals surface area contributed by atoms with Gasteiger partial charge in [-0.3, -0.25) is 4.79 Å². The highest BCUT2D eigenvalue weighted by molar-refractivity contribution is 7.20. The summed E-state index contributed by atoms with van der Waals surface area (Å²) >= 11 is 0.933. The van der Waals surface area contributed by atoms with Gasteiger partial charge >= 0.3 is 0 Å². The Bertz CT molecular complexity index is 932. The number of hydrogen-bond acceptors (Lipinski definition) is 7. The molecule has 3 N–H and O–H groups in total. The van der Waals surface area contributed by atoms with Gasteiger partial charge in [0.1, 0.15) is 17.7 Å². The average Bonchev–Trinajstić information content (AvgIpc) is 3.29. The zero-order valence-corrected chi connectivity index (χ0v) is 19.2. The molecule has 1 fully saturated rings. The lowest BCUT2D eigenvalue weighted by Gasteiger charge is -2.24. The van der Waals surface area contributed by atoms with Crippen LogP contribution in [0.4, 0.5) is 4.39 Å². The Morgan fingerprint density at radius 2 is 1.81 bits per heavy atom. The second kappa shape index (κ2) is 11.4. The Morgan fingerprint density at radius 1 is 1.12 bits per heavy atom. The zero-order valence-electron chi connectivity index (χ0n) is 18.4. The van der Waals surface area contributed by atoms with Crippen LogP contribution < -0.4 is 0 Å². The van der Waals surface area contributed by atoms with E-state index in [9.17, 15) is 29.3 Å². The van der Waals surface area contributed by atoms with Gasteiger partial charge in [0.05, 0.1) is 22.4 Å². The molecule has 0 saturated heterocycles. The summed E-state index contributed by atoms with van der Waals surface area (Å²) in [6, 6.07) is 4.46. The number of unbranched alkanes of at least 4 members (excludes halogenated alkanes) is 3. The number of aliphatic hydroxyl groups excluding tert-OH is 3. The van der Waals surface area contributed by atoms with Crippen LogP contribution in [0.2, 0.25) is 0 Å². The lowest BCUT2D eigenvalue weighted by molar-refractivity contribution is -0.117. The largest absolute Gasteiger partial charge is 0.393 e. The Balaban J connectivity index is 1.51. The van der Waals surface area contributed by atoms with Gasteiger partial charge in [0.2, 0.25) is 5.78 Å². The van der Waals surface area contributed by atoms with Crippen molar-refractivity contribution in [3.8, 4) is 0 Å². The van der Waals surface area contributed by atoms with Gasteiger partial charge in [0.15, 0.2) is 5.01 Å². The molecule has 1 aliphatic carbocycles. The van der Waals surface area contributed by atoms with Gasteiger partial charge in [-0.15, -0.1) is 11.3 Å². The molecular formula is C24H32FNO5S. The van der Waals surface area contributed by atoms with Gasteiger partial charge < -0.3 is 20.1 Å². The Hall–Kier alpha value is -1.74. The van der Waals surface area contributed by atoms with Crippen molar-refractivity contribution in [3.05, 3.63) is 29.0 Å². The van der Waals surface area contributed by atoms with Crippen LogP contribution in [0.15, 0.2) is 18.2 Å². The molecule has 5 atom stereocenters. The molecule has 8 heteroatoms. The first-order valence-corrected chi connectivity index (χ1v) is 12.2. The van der Waals surface area contributed by atoms with Crippen LogP contribution in [-0.2, 0) is 4.79 Å². The fourth-order valence-electron chi connectivity index (χ4n) is 4.73. The number of rotatable bonds is 12. The number of ketones is 2. The molecule has 1 unspecified atom stereocenters. The van der Waals surface area contributed by atoms with E-state index in [-0.39, 0.29) is 29.0 Å². The molecule has 0 spiro atoms. The number of hydrogen-bond donors (Lipinski definition) is 3. The minimum Gasteiger partial charge on any atom is -0.393 e.